The first-order valence-electron chi connectivity index (χ1n) is 4.84. The highest BCUT2D eigenvalue weighted by Gasteiger charge is 2.16. The number of halogens is 1. The molecule has 0 spiro atoms. The highest BCUT2D eigenvalue weighted by Crippen LogP contribution is 2.37. The first-order chi connectivity index (χ1) is 7.13. The standard InChI is InChI=1S/C11H17NO3.ClH/c1-4-8(12)11-9(13)5-7(14-2)6-10(11)15-3;/h5-6,8,13H,4,12H2,1-3H3;1H/t8-;/m1./s1. The maximum absolute atomic E-state index is 9.80. The smallest absolute Gasteiger partial charge is 0.131 e. The molecule has 16 heavy (non-hydrogen) atoms. The van der Waals surface area contributed by atoms with E-state index < -0.39 is 0 Å². The summed E-state index contributed by atoms with van der Waals surface area (Å²) in [6, 6.07) is 3.02. The van der Waals surface area contributed by atoms with E-state index in [1.54, 1.807) is 13.2 Å². The molecule has 0 unspecified atom stereocenters. The van der Waals surface area contributed by atoms with Crippen LogP contribution in [0.4, 0.5) is 0 Å². The highest BCUT2D eigenvalue weighted by atomic mass is 35.5. The maximum Gasteiger partial charge on any atom is 0.131 e. The van der Waals surface area contributed by atoms with Crippen molar-refractivity contribution in [1.29, 1.82) is 0 Å². The molecule has 0 aliphatic rings. The van der Waals surface area contributed by atoms with Gasteiger partial charge in [0, 0.05) is 18.2 Å². The van der Waals surface area contributed by atoms with Gasteiger partial charge in [-0.15, -0.1) is 12.4 Å². The first-order valence-corrected chi connectivity index (χ1v) is 4.84. The predicted octanol–water partition coefficient (Wildman–Crippen LogP) is 2.24. The van der Waals surface area contributed by atoms with Crippen LogP contribution in [-0.2, 0) is 0 Å². The summed E-state index contributed by atoms with van der Waals surface area (Å²) in [5.74, 6) is 1.22. The van der Waals surface area contributed by atoms with Gasteiger partial charge in [0.2, 0.25) is 0 Å². The van der Waals surface area contributed by atoms with E-state index in [0.29, 0.717) is 17.1 Å². The van der Waals surface area contributed by atoms with Crippen LogP contribution in [0.5, 0.6) is 17.2 Å². The summed E-state index contributed by atoms with van der Waals surface area (Å²) in [6.45, 7) is 1.95. The summed E-state index contributed by atoms with van der Waals surface area (Å²) < 4.78 is 10.2. The van der Waals surface area contributed by atoms with Crippen molar-refractivity contribution in [2.24, 2.45) is 5.73 Å². The van der Waals surface area contributed by atoms with Crippen LogP contribution in [-0.4, -0.2) is 19.3 Å². The number of hydrogen-bond acceptors (Lipinski definition) is 4. The molecule has 0 bridgehead atoms. The molecule has 0 aliphatic heterocycles. The lowest BCUT2D eigenvalue weighted by Crippen LogP contribution is -2.10. The van der Waals surface area contributed by atoms with E-state index in [0.717, 1.165) is 6.42 Å². The van der Waals surface area contributed by atoms with E-state index in [1.807, 2.05) is 6.92 Å². The van der Waals surface area contributed by atoms with E-state index in [9.17, 15) is 5.11 Å². The average molecular weight is 248 g/mol. The fourth-order valence-electron chi connectivity index (χ4n) is 1.45. The van der Waals surface area contributed by atoms with Gasteiger partial charge in [-0.3, -0.25) is 0 Å². The fourth-order valence-corrected chi connectivity index (χ4v) is 1.45. The predicted molar refractivity (Wildman–Crippen MR) is 65.7 cm³/mol. The van der Waals surface area contributed by atoms with E-state index in [4.69, 9.17) is 15.2 Å². The minimum atomic E-state index is -0.231. The van der Waals surface area contributed by atoms with Gasteiger partial charge in [-0.1, -0.05) is 6.92 Å². The molecular formula is C11H18ClNO3. The lowest BCUT2D eigenvalue weighted by atomic mass is 10.0. The Bertz CT molecular complexity index is 344. The van der Waals surface area contributed by atoms with Gasteiger partial charge in [0.1, 0.15) is 17.2 Å². The molecular weight excluding hydrogens is 230 g/mol. The number of phenolic OH excluding ortho intramolecular Hbond substituents is 1. The molecule has 1 atom stereocenters. The molecule has 1 rings (SSSR count). The topological polar surface area (TPSA) is 64.7 Å². The number of hydrogen-bond donors (Lipinski definition) is 2. The molecule has 92 valence electrons. The lowest BCUT2D eigenvalue weighted by molar-refractivity contribution is 0.374. The second-order valence-electron chi connectivity index (χ2n) is 3.28. The number of methoxy groups -OCH3 is 2. The number of nitrogens with two attached hydrogens (primary N) is 1. The SMILES string of the molecule is CC[C@@H](N)c1c(O)cc(OC)cc1OC.Cl. The minimum absolute atomic E-state index is 0. The number of ether oxygens (including phenoxy) is 2. The number of rotatable bonds is 4. The van der Waals surface area contributed by atoms with Crippen LogP contribution in [0.3, 0.4) is 0 Å². The van der Waals surface area contributed by atoms with Gasteiger partial charge in [-0.05, 0) is 6.42 Å². The summed E-state index contributed by atoms with van der Waals surface area (Å²) in [4.78, 5) is 0. The van der Waals surface area contributed by atoms with Crippen LogP contribution in [0.15, 0.2) is 12.1 Å². The van der Waals surface area contributed by atoms with E-state index in [-0.39, 0.29) is 24.2 Å². The number of phenols is 1. The van der Waals surface area contributed by atoms with Crippen LogP contribution in [0.2, 0.25) is 0 Å². The van der Waals surface area contributed by atoms with Crippen molar-refractivity contribution in [3.63, 3.8) is 0 Å². The Morgan fingerprint density at radius 3 is 2.38 bits per heavy atom. The van der Waals surface area contributed by atoms with Crippen LogP contribution < -0.4 is 15.2 Å². The Kier molecular flexibility index (Phi) is 6.00. The Morgan fingerprint density at radius 1 is 1.31 bits per heavy atom. The molecule has 0 saturated carbocycles. The maximum atomic E-state index is 9.80. The molecule has 0 aliphatic carbocycles. The van der Waals surface area contributed by atoms with Crippen molar-refractivity contribution in [3.05, 3.63) is 17.7 Å². The largest absolute Gasteiger partial charge is 0.507 e. The third-order valence-electron chi connectivity index (χ3n) is 2.36. The highest BCUT2D eigenvalue weighted by molar-refractivity contribution is 5.85. The lowest BCUT2D eigenvalue weighted by Gasteiger charge is -2.16. The summed E-state index contributed by atoms with van der Waals surface area (Å²) in [5.41, 5.74) is 6.51. The molecule has 1 aromatic carbocycles. The molecule has 4 nitrogen and oxygen atoms in total. The second-order valence-corrected chi connectivity index (χ2v) is 3.28. The van der Waals surface area contributed by atoms with Crippen molar-refractivity contribution < 1.29 is 14.6 Å². The molecule has 0 saturated heterocycles. The Labute approximate surface area is 102 Å². The van der Waals surface area contributed by atoms with Gasteiger partial charge >= 0.3 is 0 Å². The van der Waals surface area contributed by atoms with Crippen molar-refractivity contribution in [2.75, 3.05) is 14.2 Å². The molecule has 0 heterocycles. The average Bonchev–Trinajstić information content (AvgIpc) is 2.26. The van der Waals surface area contributed by atoms with Gasteiger partial charge in [-0.2, -0.15) is 0 Å². The molecule has 3 N–H and O–H groups in total. The van der Waals surface area contributed by atoms with Gasteiger partial charge in [-0.25, -0.2) is 0 Å². The zero-order valence-corrected chi connectivity index (χ0v) is 10.5. The normalized spacial score (nSPS) is 11.5. The third-order valence-corrected chi connectivity index (χ3v) is 2.36. The minimum Gasteiger partial charge on any atom is -0.507 e. The quantitative estimate of drug-likeness (QED) is 0.857. The van der Waals surface area contributed by atoms with Crippen molar-refractivity contribution >= 4 is 12.4 Å². The van der Waals surface area contributed by atoms with Crippen LogP contribution in [0.1, 0.15) is 24.9 Å². The molecule has 0 fully saturated rings. The van der Waals surface area contributed by atoms with Gasteiger partial charge in [0.05, 0.1) is 19.8 Å². The van der Waals surface area contributed by atoms with Gasteiger partial charge in [0.25, 0.3) is 0 Å². The van der Waals surface area contributed by atoms with E-state index in [2.05, 4.69) is 0 Å². The third kappa shape index (κ3) is 2.93. The summed E-state index contributed by atoms with van der Waals surface area (Å²) >= 11 is 0. The van der Waals surface area contributed by atoms with Gasteiger partial charge < -0.3 is 20.3 Å². The Balaban J connectivity index is 0.00000225. The number of aromatic hydroxyl groups is 1. The van der Waals surface area contributed by atoms with Gasteiger partial charge in [0.15, 0.2) is 0 Å². The van der Waals surface area contributed by atoms with E-state index >= 15 is 0 Å². The molecule has 0 radical (unpaired) electrons. The summed E-state index contributed by atoms with van der Waals surface area (Å²) in [7, 11) is 3.08. The second kappa shape index (κ2) is 6.45. The van der Waals surface area contributed by atoms with Crippen molar-refractivity contribution in [3.8, 4) is 17.2 Å². The monoisotopic (exact) mass is 247 g/mol. The molecule has 5 heteroatoms. The molecule has 0 aromatic heterocycles. The zero-order valence-electron chi connectivity index (χ0n) is 9.69. The van der Waals surface area contributed by atoms with Crippen LogP contribution in [0.25, 0.3) is 0 Å². The zero-order chi connectivity index (χ0) is 11.4. The van der Waals surface area contributed by atoms with Crippen LogP contribution >= 0.6 is 12.4 Å². The summed E-state index contributed by atoms with van der Waals surface area (Å²) in [5, 5.41) is 9.80. The summed E-state index contributed by atoms with van der Waals surface area (Å²) in [6.07, 6.45) is 0.732. The van der Waals surface area contributed by atoms with Crippen LogP contribution in [0, 0.1) is 0 Å². The molecule has 1 aromatic rings. The number of benzene rings is 1. The van der Waals surface area contributed by atoms with E-state index in [1.165, 1.54) is 13.2 Å². The first kappa shape index (κ1) is 14.9. The fraction of sp³-hybridized carbons (Fsp3) is 0.455. The Morgan fingerprint density at radius 2 is 1.94 bits per heavy atom. The van der Waals surface area contributed by atoms with Crippen molar-refractivity contribution in [2.45, 2.75) is 19.4 Å². The van der Waals surface area contributed by atoms with Crippen molar-refractivity contribution in [1.82, 2.24) is 0 Å². The Hall–Kier alpha value is -1.13. The molecule has 0 amide bonds.